The maximum Gasteiger partial charge on any atom is 0.330 e. The number of benzene rings is 1. The number of aromatic amines is 1. The molecule has 142 valence electrons. The number of nitrogens with zero attached hydrogens (tertiary/aromatic N) is 2. The molecule has 0 aliphatic heterocycles. The summed E-state index contributed by atoms with van der Waals surface area (Å²) in [6, 6.07) is 5.44. The molecule has 0 amide bonds. The molecule has 0 saturated heterocycles. The van der Waals surface area contributed by atoms with Crippen LogP contribution in [0.15, 0.2) is 35.3 Å². The van der Waals surface area contributed by atoms with Gasteiger partial charge in [0.25, 0.3) is 5.56 Å². The Morgan fingerprint density at radius 3 is 2.96 bits per heavy atom. The molecule has 2 aromatic heterocycles. The second kappa shape index (κ2) is 6.80. The van der Waals surface area contributed by atoms with Gasteiger partial charge in [-0.15, -0.1) is 0 Å². The van der Waals surface area contributed by atoms with Crippen LogP contribution in [0.5, 0.6) is 0 Å². The van der Waals surface area contributed by atoms with E-state index in [1.165, 1.54) is 12.2 Å². The molecule has 4 rings (SSSR count). The van der Waals surface area contributed by atoms with Gasteiger partial charge in [-0.05, 0) is 24.1 Å². The highest BCUT2D eigenvalue weighted by molar-refractivity contribution is 5.87. The van der Waals surface area contributed by atoms with Crippen molar-refractivity contribution in [3.8, 4) is 11.3 Å². The number of carbonyl (C=O) groups is 2. The number of H-pyrrole nitrogens is 1. The Kier molecular flexibility index (Phi) is 4.31. The third kappa shape index (κ3) is 2.98. The molecule has 0 unspecified atom stereocenters. The number of rotatable bonds is 5. The molecule has 0 atom stereocenters. The third-order valence-corrected chi connectivity index (χ3v) is 4.65. The SMILES string of the molecule is CCOC(=O)/C=C/c1cn2c3c([nH]c(=O)c2n1)-c1cccc(CC(=O)O)c1C3. The fourth-order valence-corrected chi connectivity index (χ4v) is 3.52. The first-order chi connectivity index (χ1) is 13.5. The van der Waals surface area contributed by atoms with Crippen molar-refractivity contribution >= 4 is 23.7 Å². The molecule has 0 bridgehead atoms. The van der Waals surface area contributed by atoms with Gasteiger partial charge in [0.2, 0.25) is 5.65 Å². The van der Waals surface area contributed by atoms with E-state index in [0.717, 1.165) is 22.4 Å². The van der Waals surface area contributed by atoms with Crippen molar-refractivity contribution in [2.75, 3.05) is 6.61 Å². The van der Waals surface area contributed by atoms with Crippen LogP contribution in [0.1, 0.15) is 29.4 Å². The zero-order chi connectivity index (χ0) is 19.8. The van der Waals surface area contributed by atoms with Gasteiger partial charge in [-0.3, -0.25) is 14.0 Å². The molecule has 0 saturated carbocycles. The number of carboxylic acids is 1. The van der Waals surface area contributed by atoms with Gasteiger partial charge in [-0.2, -0.15) is 0 Å². The van der Waals surface area contributed by atoms with E-state index in [9.17, 15) is 14.4 Å². The minimum Gasteiger partial charge on any atom is -0.481 e. The van der Waals surface area contributed by atoms with Gasteiger partial charge in [0.15, 0.2) is 0 Å². The van der Waals surface area contributed by atoms with Crippen molar-refractivity contribution in [1.29, 1.82) is 0 Å². The monoisotopic (exact) mass is 379 g/mol. The van der Waals surface area contributed by atoms with Gasteiger partial charge in [0.1, 0.15) is 0 Å². The maximum absolute atomic E-state index is 12.5. The quantitative estimate of drug-likeness (QED) is 0.404. The number of carboxylic acid groups (broad SMARTS) is 1. The molecule has 2 N–H and O–H groups in total. The smallest absolute Gasteiger partial charge is 0.330 e. The maximum atomic E-state index is 12.5. The minimum atomic E-state index is -0.906. The van der Waals surface area contributed by atoms with Gasteiger partial charge >= 0.3 is 11.9 Å². The van der Waals surface area contributed by atoms with Crippen LogP contribution in [0.2, 0.25) is 0 Å². The lowest BCUT2D eigenvalue weighted by atomic mass is 10.0. The van der Waals surface area contributed by atoms with Crippen LogP contribution >= 0.6 is 0 Å². The van der Waals surface area contributed by atoms with Crippen LogP contribution in [-0.2, 0) is 27.2 Å². The second-order valence-electron chi connectivity index (χ2n) is 6.41. The summed E-state index contributed by atoms with van der Waals surface area (Å²) in [6.45, 7) is 1.99. The number of esters is 1. The molecule has 1 aromatic carbocycles. The van der Waals surface area contributed by atoms with Crippen LogP contribution in [0.3, 0.4) is 0 Å². The van der Waals surface area contributed by atoms with Crippen LogP contribution in [0.4, 0.5) is 0 Å². The number of nitrogens with one attached hydrogen (secondary N) is 1. The topological polar surface area (TPSA) is 114 Å². The van der Waals surface area contributed by atoms with Crippen LogP contribution in [0.25, 0.3) is 23.0 Å². The van der Waals surface area contributed by atoms with E-state index in [1.54, 1.807) is 29.7 Å². The number of hydrogen-bond acceptors (Lipinski definition) is 5. The van der Waals surface area contributed by atoms with Gasteiger partial charge in [-0.1, -0.05) is 18.2 Å². The number of hydrogen-bond donors (Lipinski definition) is 2. The molecule has 3 aromatic rings. The van der Waals surface area contributed by atoms with E-state index in [1.807, 2.05) is 6.07 Å². The summed E-state index contributed by atoms with van der Waals surface area (Å²) in [6.07, 6.45) is 4.84. The highest BCUT2D eigenvalue weighted by atomic mass is 16.5. The molecule has 0 spiro atoms. The number of carbonyl (C=O) groups excluding carboxylic acids is 1. The Hall–Kier alpha value is -3.68. The largest absolute Gasteiger partial charge is 0.481 e. The molecular weight excluding hydrogens is 362 g/mol. The third-order valence-electron chi connectivity index (χ3n) is 4.65. The summed E-state index contributed by atoms with van der Waals surface area (Å²) < 4.78 is 6.54. The molecule has 28 heavy (non-hydrogen) atoms. The number of aromatic nitrogens is 3. The summed E-state index contributed by atoms with van der Waals surface area (Å²) in [4.78, 5) is 42.3. The Bertz CT molecular complexity index is 1200. The van der Waals surface area contributed by atoms with Gasteiger partial charge in [0, 0.05) is 24.3 Å². The van der Waals surface area contributed by atoms with Crippen LogP contribution in [0, 0.1) is 0 Å². The minimum absolute atomic E-state index is 0.0814. The Labute approximate surface area is 159 Å². The summed E-state index contributed by atoms with van der Waals surface area (Å²) in [5.41, 5.74) is 4.24. The Morgan fingerprint density at radius 1 is 1.39 bits per heavy atom. The van der Waals surface area contributed by atoms with Gasteiger partial charge in [-0.25, -0.2) is 9.78 Å². The van der Waals surface area contributed by atoms with Gasteiger partial charge in [0.05, 0.1) is 30.1 Å². The average Bonchev–Trinajstić information content (AvgIpc) is 3.23. The Morgan fingerprint density at radius 2 is 2.21 bits per heavy atom. The summed E-state index contributed by atoms with van der Waals surface area (Å²) in [5.74, 6) is -1.39. The first-order valence-corrected chi connectivity index (χ1v) is 8.80. The number of fused-ring (bicyclic) bond motifs is 5. The average molecular weight is 379 g/mol. The highest BCUT2D eigenvalue weighted by Gasteiger charge is 2.26. The van der Waals surface area contributed by atoms with Crippen LogP contribution in [-0.4, -0.2) is 38.0 Å². The predicted molar refractivity (Wildman–Crippen MR) is 101 cm³/mol. The second-order valence-corrected chi connectivity index (χ2v) is 6.41. The lowest BCUT2D eigenvalue weighted by Crippen LogP contribution is -2.13. The zero-order valence-corrected chi connectivity index (χ0v) is 15.1. The van der Waals surface area contributed by atoms with Crippen molar-refractivity contribution in [2.24, 2.45) is 0 Å². The summed E-state index contributed by atoms with van der Waals surface area (Å²) >= 11 is 0. The van der Waals surface area contributed by atoms with Gasteiger partial charge < -0.3 is 14.8 Å². The van der Waals surface area contributed by atoms with Crippen molar-refractivity contribution < 1.29 is 19.4 Å². The van der Waals surface area contributed by atoms with Crippen molar-refractivity contribution in [3.05, 3.63) is 63.3 Å². The number of aliphatic carboxylic acids is 1. The van der Waals surface area contributed by atoms with E-state index < -0.39 is 11.9 Å². The van der Waals surface area contributed by atoms with E-state index >= 15 is 0 Å². The highest BCUT2D eigenvalue weighted by Crippen LogP contribution is 2.36. The normalized spacial score (nSPS) is 12.3. The molecule has 8 nitrogen and oxygen atoms in total. The predicted octanol–water partition coefficient (Wildman–Crippen LogP) is 1.80. The molecule has 1 aliphatic carbocycles. The zero-order valence-electron chi connectivity index (χ0n) is 15.1. The van der Waals surface area contributed by atoms with Crippen molar-refractivity contribution in [2.45, 2.75) is 19.8 Å². The number of imidazole rings is 1. The molecule has 8 heteroatoms. The van der Waals surface area contributed by atoms with Crippen molar-refractivity contribution in [1.82, 2.24) is 14.4 Å². The molecule has 1 aliphatic rings. The lowest BCUT2D eigenvalue weighted by Gasteiger charge is -2.05. The summed E-state index contributed by atoms with van der Waals surface area (Å²) in [7, 11) is 0. The van der Waals surface area contributed by atoms with E-state index in [0.29, 0.717) is 17.8 Å². The molecule has 2 heterocycles. The lowest BCUT2D eigenvalue weighted by molar-refractivity contribution is -0.137. The first kappa shape index (κ1) is 17.7. The fraction of sp³-hybridized carbons (Fsp3) is 0.200. The fourth-order valence-electron chi connectivity index (χ4n) is 3.52. The molecular formula is C20H17N3O5. The first-order valence-electron chi connectivity index (χ1n) is 8.80. The van der Waals surface area contributed by atoms with E-state index in [2.05, 4.69) is 9.97 Å². The van der Waals surface area contributed by atoms with Crippen molar-refractivity contribution in [3.63, 3.8) is 0 Å². The van der Waals surface area contributed by atoms with Crippen LogP contribution < -0.4 is 5.56 Å². The standard InChI is InChI=1S/C20H17N3O5/c1-2-28-17(26)7-6-12-10-23-15-9-14-11(8-16(24)25)4-3-5-13(14)18(15)22-20(27)19(23)21-12/h3-7,10H,2,8-9H2,1H3,(H,22,27)(H,24,25)/b7-6+. The summed E-state index contributed by atoms with van der Waals surface area (Å²) in [5, 5.41) is 9.16. The molecule has 0 fully saturated rings. The Balaban J connectivity index is 1.80. The number of ether oxygens (including phenoxy) is 1. The molecule has 0 radical (unpaired) electrons. The van der Waals surface area contributed by atoms with E-state index in [4.69, 9.17) is 9.84 Å². The van der Waals surface area contributed by atoms with E-state index in [-0.39, 0.29) is 24.2 Å².